The van der Waals surface area contributed by atoms with Gasteiger partial charge in [-0.3, -0.25) is 24.2 Å². The summed E-state index contributed by atoms with van der Waals surface area (Å²) in [5.74, 6) is -0.445. The second-order valence-corrected chi connectivity index (χ2v) is 6.48. The molecule has 118 valence electrons. The molecule has 1 heterocycles. The fourth-order valence-corrected chi connectivity index (χ4v) is 3.27. The number of carbonyl (C=O) groups excluding carboxylic acids is 3. The lowest BCUT2D eigenvalue weighted by atomic mass is 9.81. The van der Waals surface area contributed by atoms with Crippen molar-refractivity contribution in [2.45, 2.75) is 45.6 Å². The average molecular weight is 295 g/mol. The van der Waals surface area contributed by atoms with Crippen LogP contribution in [0.25, 0.3) is 0 Å². The first kappa shape index (κ1) is 15.9. The summed E-state index contributed by atoms with van der Waals surface area (Å²) in [5.41, 5.74) is 0. The summed E-state index contributed by atoms with van der Waals surface area (Å²) < 4.78 is 0. The largest absolute Gasteiger partial charge is 0.353 e. The van der Waals surface area contributed by atoms with Crippen LogP contribution in [0.5, 0.6) is 0 Å². The van der Waals surface area contributed by atoms with Crippen LogP contribution in [0.2, 0.25) is 0 Å². The molecular formula is C15H25N3O3. The molecule has 1 N–H and O–H groups in total. The van der Waals surface area contributed by atoms with Crippen LogP contribution >= 0.6 is 0 Å². The van der Waals surface area contributed by atoms with E-state index >= 15 is 0 Å². The third-order valence-electron chi connectivity index (χ3n) is 4.18. The van der Waals surface area contributed by atoms with Gasteiger partial charge in [0.05, 0.1) is 25.0 Å². The molecule has 2 aliphatic rings. The smallest absolute Gasteiger partial charge is 0.234 e. The average Bonchev–Trinajstić information content (AvgIpc) is 2.63. The number of fused-ring (bicyclic) bond motifs is 1. The van der Waals surface area contributed by atoms with E-state index in [0.29, 0.717) is 0 Å². The van der Waals surface area contributed by atoms with Crippen molar-refractivity contribution in [1.29, 1.82) is 0 Å². The van der Waals surface area contributed by atoms with Crippen LogP contribution in [0.4, 0.5) is 0 Å². The molecule has 1 aliphatic heterocycles. The zero-order chi connectivity index (χ0) is 15.6. The van der Waals surface area contributed by atoms with Gasteiger partial charge in [-0.1, -0.05) is 12.8 Å². The minimum Gasteiger partial charge on any atom is -0.353 e. The van der Waals surface area contributed by atoms with E-state index < -0.39 is 0 Å². The molecule has 6 heteroatoms. The molecule has 0 aromatic rings. The number of rotatable bonds is 5. The number of carbonyl (C=O) groups is 3. The van der Waals surface area contributed by atoms with Crippen LogP contribution in [-0.2, 0) is 14.4 Å². The number of hydrogen-bond donors (Lipinski definition) is 1. The van der Waals surface area contributed by atoms with Crippen molar-refractivity contribution in [1.82, 2.24) is 15.1 Å². The lowest BCUT2D eigenvalue weighted by molar-refractivity contribution is -0.143. The van der Waals surface area contributed by atoms with Gasteiger partial charge < -0.3 is 5.32 Å². The SMILES string of the molecule is CC(C)NC(=O)CN(C)CN1C(=O)[C@H]2CCCC[C@@H]2C1=O. The van der Waals surface area contributed by atoms with Gasteiger partial charge >= 0.3 is 0 Å². The number of amides is 3. The quantitative estimate of drug-likeness (QED) is 0.753. The van der Waals surface area contributed by atoms with Crippen LogP contribution in [0.1, 0.15) is 39.5 Å². The van der Waals surface area contributed by atoms with Gasteiger partial charge in [-0.15, -0.1) is 0 Å². The molecule has 1 saturated carbocycles. The number of hydrogen-bond acceptors (Lipinski definition) is 4. The molecule has 1 aliphatic carbocycles. The van der Waals surface area contributed by atoms with Crippen molar-refractivity contribution >= 4 is 17.7 Å². The molecule has 0 unspecified atom stereocenters. The maximum absolute atomic E-state index is 12.3. The summed E-state index contributed by atoms with van der Waals surface area (Å²) >= 11 is 0. The highest BCUT2D eigenvalue weighted by atomic mass is 16.2. The number of likely N-dealkylation sites (tertiary alicyclic amines) is 1. The Bertz CT molecular complexity index is 412. The molecule has 2 rings (SSSR count). The van der Waals surface area contributed by atoms with Gasteiger partial charge in [-0.05, 0) is 33.7 Å². The second kappa shape index (κ2) is 6.56. The van der Waals surface area contributed by atoms with Crippen molar-refractivity contribution in [3.05, 3.63) is 0 Å². The molecule has 21 heavy (non-hydrogen) atoms. The maximum Gasteiger partial charge on any atom is 0.234 e. The zero-order valence-electron chi connectivity index (χ0n) is 13.1. The van der Waals surface area contributed by atoms with E-state index in [9.17, 15) is 14.4 Å². The molecular weight excluding hydrogens is 270 g/mol. The van der Waals surface area contributed by atoms with Gasteiger partial charge in [0.1, 0.15) is 0 Å². The van der Waals surface area contributed by atoms with Crippen LogP contribution in [0.3, 0.4) is 0 Å². The lowest BCUT2D eigenvalue weighted by Crippen LogP contribution is -2.45. The van der Waals surface area contributed by atoms with E-state index in [1.54, 1.807) is 11.9 Å². The Morgan fingerprint density at radius 1 is 1.24 bits per heavy atom. The van der Waals surface area contributed by atoms with Crippen molar-refractivity contribution in [3.8, 4) is 0 Å². The Morgan fingerprint density at radius 3 is 2.24 bits per heavy atom. The van der Waals surface area contributed by atoms with Crippen molar-refractivity contribution in [2.24, 2.45) is 11.8 Å². The van der Waals surface area contributed by atoms with Gasteiger partial charge in [0.15, 0.2) is 0 Å². The summed E-state index contributed by atoms with van der Waals surface area (Å²) in [6, 6.07) is 0.0869. The van der Waals surface area contributed by atoms with Crippen LogP contribution < -0.4 is 5.32 Å². The molecule has 2 fully saturated rings. The Labute approximate surface area is 125 Å². The molecule has 0 spiro atoms. The maximum atomic E-state index is 12.3. The first-order chi connectivity index (χ1) is 9.90. The summed E-state index contributed by atoms with van der Waals surface area (Å²) in [5, 5.41) is 2.80. The highest BCUT2D eigenvalue weighted by Crippen LogP contribution is 2.37. The molecule has 3 amide bonds. The third-order valence-corrected chi connectivity index (χ3v) is 4.18. The minimum absolute atomic E-state index is 0.0548. The highest BCUT2D eigenvalue weighted by Gasteiger charge is 2.48. The van der Waals surface area contributed by atoms with Gasteiger partial charge in [-0.2, -0.15) is 0 Å². The number of imide groups is 1. The minimum atomic E-state index is -0.121. The standard InChI is InChI=1S/C15H25N3O3/c1-10(2)16-13(19)8-17(3)9-18-14(20)11-6-4-5-7-12(11)15(18)21/h10-12H,4-9H2,1-3H3,(H,16,19)/t11-,12-/m0/s1. The monoisotopic (exact) mass is 295 g/mol. The number of nitrogens with zero attached hydrogens (tertiary/aromatic N) is 2. The van der Waals surface area contributed by atoms with Gasteiger partial charge in [0, 0.05) is 6.04 Å². The molecule has 6 nitrogen and oxygen atoms in total. The Kier molecular flexibility index (Phi) is 4.98. The molecule has 0 radical (unpaired) electrons. The molecule has 0 bridgehead atoms. The Morgan fingerprint density at radius 2 is 1.76 bits per heavy atom. The number of likely N-dealkylation sites (N-methyl/N-ethyl adjacent to an activating group) is 1. The summed E-state index contributed by atoms with van der Waals surface area (Å²) in [6.45, 7) is 4.19. The lowest BCUT2D eigenvalue weighted by Gasteiger charge is -2.23. The van der Waals surface area contributed by atoms with Gasteiger partial charge in [0.25, 0.3) is 0 Å². The van der Waals surface area contributed by atoms with E-state index in [1.807, 2.05) is 13.8 Å². The van der Waals surface area contributed by atoms with E-state index in [2.05, 4.69) is 5.32 Å². The van der Waals surface area contributed by atoms with Crippen LogP contribution in [0, 0.1) is 11.8 Å². The zero-order valence-corrected chi connectivity index (χ0v) is 13.1. The fourth-order valence-electron chi connectivity index (χ4n) is 3.27. The first-order valence-corrected chi connectivity index (χ1v) is 7.73. The summed E-state index contributed by atoms with van der Waals surface area (Å²) in [7, 11) is 1.75. The van der Waals surface area contributed by atoms with Crippen molar-refractivity contribution in [3.63, 3.8) is 0 Å². The van der Waals surface area contributed by atoms with Crippen molar-refractivity contribution in [2.75, 3.05) is 20.3 Å². The summed E-state index contributed by atoms with van der Waals surface area (Å²) in [4.78, 5) is 39.4. The second-order valence-electron chi connectivity index (χ2n) is 6.48. The van der Waals surface area contributed by atoms with E-state index in [0.717, 1.165) is 25.7 Å². The highest BCUT2D eigenvalue weighted by molar-refractivity contribution is 6.05. The van der Waals surface area contributed by atoms with E-state index in [1.165, 1.54) is 4.90 Å². The van der Waals surface area contributed by atoms with E-state index in [-0.39, 0.29) is 48.8 Å². The predicted molar refractivity (Wildman–Crippen MR) is 78.1 cm³/mol. The van der Waals surface area contributed by atoms with Crippen LogP contribution in [-0.4, -0.2) is 53.8 Å². The molecule has 0 aromatic carbocycles. The Hall–Kier alpha value is -1.43. The molecule has 1 saturated heterocycles. The summed E-state index contributed by atoms with van der Waals surface area (Å²) in [6.07, 6.45) is 3.70. The predicted octanol–water partition coefficient (Wildman–Crippen LogP) is 0.575. The topological polar surface area (TPSA) is 69.7 Å². The fraction of sp³-hybridized carbons (Fsp3) is 0.800. The van der Waals surface area contributed by atoms with Crippen molar-refractivity contribution < 1.29 is 14.4 Å². The molecule has 2 atom stereocenters. The normalized spacial score (nSPS) is 25.7. The van der Waals surface area contributed by atoms with Gasteiger partial charge in [-0.25, -0.2) is 0 Å². The first-order valence-electron chi connectivity index (χ1n) is 7.73. The van der Waals surface area contributed by atoms with Crippen LogP contribution in [0.15, 0.2) is 0 Å². The van der Waals surface area contributed by atoms with E-state index in [4.69, 9.17) is 0 Å². The molecule has 0 aromatic heterocycles. The van der Waals surface area contributed by atoms with Gasteiger partial charge in [0.2, 0.25) is 17.7 Å². The third kappa shape index (κ3) is 3.61. The Balaban J connectivity index is 1.91. The number of nitrogens with one attached hydrogen (secondary N) is 1.